The monoisotopic (exact) mass is 459 g/mol. The van der Waals surface area contributed by atoms with Crippen molar-refractivity contribution in [3.63, 3.8) is 0 Å². The van der Waals surface area contributed by atoms with Gasteiger partial charge in [0, 0.05) is 28.4 Å². The second-order valence-corrected chi connectivity index (χ2v) is 9.26. The number of hydrogen-bond acceptors (Lipinski definition) is 3. The van der Waals surface area contributed by atoms with Crippen molar-refractivity contribution in [3.8, 4) is 0 Å². The minimum Gasteiger partial charge on any atom is -0.467 e. The SMILES string of the molecule is C[C@]12C(=O)N(Cc3ccco3)CC(=O)N1C[C@H](c1ccccc1Cl)c1c2[nH]c2ccccc12. The molecule has 2 aliphatic rings. The molecule has 33 heavy (non-hydrogen) atoms. The number of aromatic amines is 1. The molecular formula is C26H22ClN3O3. The van der Waals surface area contributed by atoms with Crippen LogP contribution in [0.3, 0.4) is 0 Å². The normalized spacial score (nSPS) is 22.5. The first kappa shape index (κ1) is 20.1. The molecule has 0 bridgehead atoms. The average Bonchev–Trinajstić information content (AvgIpc) is 3.46. The lowest BCUT2D eigenvalue weighted by Gasteiger charge is -2.51. The minimum atomic E-state index is -1.14. The van der Waals surface area contributed by atoms with E-state index in [9.17, 15) is 9.59 Å². The van der Waals surface area contributed by atoms with E-state index in [0.717, 1.165) is 27.7 Å². The Kier molecular flexibility index (Phi) is 4.42. The highest BCUT2D eigenvalue weighted by Gasteiger charge is 2.56. The van der Waals surface area contributed by atoms with Crippen LogP contribution in [0.25, 0.3) is 10.9 Å². The number of aromatic nitrogens is 1. The third-order valence-corrected chi connectivity index (χ3v) is 7.37. The smallest absolute Gasteiger partial charge is 0.255 e. The first-order chi connectivity index (χ1) is 16.0. The standard InChI is InChI=1S/C26H22ClN3O3/c1-26-24-23(18-9-3-5-11-21(18)28-24)19(17-8-2-4-10-20(17)27)14-30(26)22(31)15-29(25(26)32)13-16-7-6-12-33-16/h2-12,19,28H,13-15H2,1H3/t19-,26+/m1/s1. The van der Waals surface area contributed by atoms with E-state index < -0.39 is 5.54 Å². The fourth-order valence-electron chi connectivity index (χ4n) is 5.43. The van der Waals surface area contributed by atoms with Crippen molar-refractivity contribution < 1.29 is 14.0 Å². The van der Waals surface area contributed by atoms with Crippen LogP contribution in [0.2, 0.25) is 5.02 Å². The maximum absolute atomic E-state index is 13.9. The van der Waals surface area contributed by atoms with E-state index in [1.165, 1.54) is 0 Å². The maximum Gasteiger partial charge on any atom is 0.255 e. The Morgan fingerprint density at radius 2 is 1.88 bits per heavy atom. The molecule has 6 rings (SSSR count). The number of fused-ring (bicyclic) bond motifs is 5. The van der Waals surface area contributed by atoms with E-state index in [-0.39, 0.29) is 30.8 Å². The summed E-state index contributed by atoms with van der Waals surface area (Å²) in [4.78, 5) is 34.2. The van der Waals surface area contributed by atoms with Crippen molar-refractivity contribution in [2.24, 2.45) is 0 Å². The van der Waals surface area contributed by atoms with Crippen LogP contribution >= 0.6 is 11.6 Å². The first-order valence-corrected chi connectivity index (χ1v) is 11.3. The van der Waals surface area contributed by atoms with E-state index in [0.29, 0.717) is 17.3 Å². The summed E-state index contributed by atoms with van der Waals surface area (Å²) in [5, 5.41) is 1.69. The molecule has 2 atom stereocenters. The van der Waals surface area contributed by atoms with Gasteiger partial charge in [-0.3, -0.25) is 9.59 Å². The Bertz CT molecular complexity index is 1390. The summed E-state index contributed by atoms with van der Waals surface area (Å²) in [6, 6.07) is 19.3. The van der Waals surface area contributed by atoms with Crippen LogP contribution < -0.4 is 0 Å². The number of nitrogens with zero attached hydrogens (tertiary/aromatic N) is 2. The summed E-state index contributed by atoms with van der Waals surface area (Å²) in [5.41, 5.74) is 2.52. The number of hydrogen-bond donors (Lipinski definition) is 1. The van der Waals surface area contributed by atoms with Crippen molar-refractivity contribution in [1.29, 1.82) is 0 Å². The number of carbonyl (C=O) groups is 2. The summed E-state index contributed by atoms with van der Waals surface area (Å²) < 4.78 is 5.45. The number of H-pyrrole nitrogens is 1. The molecule has 1 saturated heterocycles. The van der Waals surface area contributed by atoms with E-state index in [4.69, 9.17) is 16.0 Å². The third kappa shape index (κ3) is 2.87. The minimum absolute atomic E-state index is 0.0138. The van der Waals surface area contributed by atoms with Gasteiger partial charge in [0.15, 0.2) is 5.54 Å². The van der Waals surface area contributed by atoms with Gasteiger partial charge < -0.3 is 19.2 Å². The van der Waals surface area contributed by atoms with Crippen molar-refractivity contribution >= 4 is 34.3 Å². The van der Waals surface area contributed by atoms with Crippen LogP contribution in [0.5, 0.6) is 0 Å². The summed E-state index contributed by atoms with van der Waals surface area (Å²) in [6.45, 7) is 2.50. The fourth-order valence-corrected chi connectivity index (χ4v) is 5.70. The van der Waals surface area contributed by atoms with Crippen LogP contribution in [0, 0.1) is 0 Å². The molecule has 4 aromatic rings. The van der Waals surface area contributed by atoms with Gasteiger partial charge in [0.1, 0.15) is 12.3 Å². The maximum atomic E-state index is 13.9. The molecule has 2 aromatic carbocycles. The van der Waals surface area contributed by atoms with Gasteiger partial charge in [0.05, 0.1) is 18.5 Å². The molecule has 2 amide bonds. The van der Waals surface area contributed by atoms with Crippen LogP contribution in [0.4, 0.5) is 0 Å². The molecule has 0 aliphatic carbocycles. The van der Waals surface area contributed by atoms with Crippen LogP contribution in [-0.4, -0.2) is 39.7 Å². The summed E-state index contributed by atoms with van der Waals surface area (Å²) in [5.74, 6) is 0.287. The molecule has 0 unspecified atom stereocenters. The zero-order chi connectivity index (χ0) is 22.7. The quantitative estimate of drug-likeness (QED) is 0.485. The highest BCUT2D eigenvalue weighted by atomic mass is 35.5. The Balaban J connectivity index is 1.55. The van der Waals surface area contributed by atoms with E-state index in [1.807, 2.05) is 55.5 Å². The number of amides is 2. The highest BCUT2D eigenvalue weighted by Crippen LogP contribution is 2.49. The number of rotatable bonds is 3. The van der Waals surface area contributed by atoms with Crippen molar-refractivity contribution in [2.75, 3.05) is 13.1 Å². The lowest BCUT2D eigenvalue weighted by molar-refractivity contribution is -0.167. The van der Waals surface area contributed by atoms with Gasteiger partial charge in [-0.25, -0.2) is 0 Å². The second kappa shape index (κ2) is 7.25. The zero-order valence-corrected chi connectivity index (χ0v) is 18.8. The van der Waals surface area contributed by atoms with Crippen molar-refractivity contribution in [3.05, 3.63) is 94.5 Å². The Morgan fingerprint density at radius 3 is 2.67 bits per heavy atom. The van der Waals surface area contributed by atoms with Gasteiger partial charge in [-0.1, -0.05) is 48.0 Å². The highest BCUT2D eigenvalue weighted by molar-refractivity contribution is 6.31. The van der Waals surface area contributed by atoms with E-state index in [2.05, 4.69) is 11.1 Å². The zero-order valence-electron chi connectivity index (χ0n) is 18.0. The molecule has 0 radical (unpaired) electrons. The Labute approximate surface area is 195 Å². The number of piperazine rings is 1. The molecule has 1 fully saturated rings. The molecule has 2 aliphatic heterocycles. The van der Waals surface area contributed by atoms with Gasteiger partial charge in [0.2, 0.25) is 5.91 Å². The van der Waals surface area contributed by atoms with E-state index in [1.54, 1.807) is 22.1 Å². The predicted octanol–water partition coefficient (Wildman–Crippen LogP) is 4.65. The average molecular weight is 460 g/mol. The van der Waals surface area contributed by atoms with Crippen molar-refractivity contribution in [1.82, 2.24) is 14.8 Å². The lowest BCUT2D eigenvalue weighted by Crippen LogP contribution is -2.67. The van der Waals surface area contributed by atoms with Gasteiger partial charge in [-0.2, -0.15) is 0 Å². The molecule has 4 heterocycles. The van der Waals surface area contributed by atoms with E-state index >= 15 is 0 Å². The molecular weight excluding hydrogens is 438 g/mol. The largest absolute Gasteiger partial charge is 0.467 e. The predicted molar refractivity (Wildman–Crippen MR) is 125 cm³/mol. The topological polar surface area (TPSA) is 69.6 Å². The third-order valence-electron chi connectivity index (χ3n) is 7.02. The second-order valence-electron chi connectivity index (χ2n) is 8.85. The molecule has 1 N–H and O–H groups in total. The summed E-state index contributed by atoms with van der Waals surface area (Å²) in [7, 11) is 0. The number of para-hydroxylation sites is 1. The fraction of sp³-hybridized carbons (Fsp3) is 0.231. The van der Waals surface area contributed by atoms with Gasteiger partial charge in [0.25, 0.3) is 5.91 Å². The van der Waals surface area contributed by atoms with Gasteiger partial charge in [-0.15, -0.1) is 0 Å². The molecule has 166 valence electrons. The van der Waals surface area contributed by atoms with Gasteiger partial charge >= 0.3 is 0 Å². The van der Waals surface area contributed by atoms with Crippen LogP contribution in [0.1, 0.15) is 35.4 Å². The molecule has 0 spiro atoms. The summed E-state index contributed by atoms with van der Waals surface area (Å²) in [6.07, 6.45) is 1.57. The molecule has 2 aromatic heterocycles. The van der Waals surface area contributed by atoms with Gasteiger partial charge in [-0.05, 0) is 42.3 Å². The number of benzene rings is 2. The molecule has 6 nitrogen and oxygen atoms in total. The number of nitrogens with one attached hydrogen (secondary N) is 1. The number of furan rings is 1. The first-order valence-electron chi connectivity index (χ1n) is 11.0. The Hall–Kier alpha value is -3.51. The molecule has 0 saturated carbocycles. The Morgan fingerprint density at radius 1 is 1.09 bits per heavy atom. The summed E-state index contributed by atoms with van der Waals surface area (Å²) >= 11 is 6.62. The molecule has 7 heteroatoms. The number of carbonyl (C=O) groups excluding carboxylic acids is 2. The lowest BCUT2D eigenvalue weighted by atomic mass is 9.76. The number of halogens is 1. The van der Waals surface area contributed by atoms with Crippen LogP contribution in [-0.2, 0) is 21.7 Å². The van der Waals surface area contributed by atoms with Crippen molar-refractivity contribution in [2.45, 2.75) is 24.9 Å². The van der Waals surface area contributed by atoms with Crippen LogP contribution in [0.15, 0.2) is 71.3 Å².